The number of fused-ring (bicyclic) bond motifs is 1. The molecule has 21 heavy (non-hydrogen) atoms. The molecule has 3 rings (SSSR count). The fourth-order valence-corrected chi connectivity index (χ4v) is 2.03. The Labute approximate surface area is 119 Å². The third-order valence-electron chi connectivity index (χ3n) is 3.04. The Morgan fingerprint density at radius 2 is 1.95 bits per heavy atom. The van der Waals surface area contributed by atoms with Crippen LogP contribution in [0.1, 0.15) is 16.2 Å². The molecule has 0 radical (unpaired) electrons. The summed E-state index contributed by atoms with van der Waals surface area (Å²) in [6.07, 6.45) is 0.0372. The van der Waals surface area contributed by atoms with Gasteiger partial charge >= 0.3 is 5.88 Å². The molecule has 2 heterocycles. The Balaban J connectivity index is 1.83. The van der Waals surface area contributed by atoms with Crippen LogP contribution in [0.15, 0.2) is 52.9 Å². The topological polar surface area (TPSA) is 86.2 Å². The molecule has 6 nitrogen and oxygen atoms in total. The molecule has 0 fully saturated rings. The molecule has 1 aromatic carbocycles. The SMILES string of the molecule is O=C(Cc1ccc2ccccc2n1)c1ccc([N+](=O)[O-])o1. The van der Waals surface area contributed by atoms with E-state index in [1.165, 1.54) is 12.1 Å². The molecule has 0 saturated carbocycles. The monoisotopic (exact) mass is 282 g/mol. The predicted molar refractivity (Wildman–Crippen MR) is 75.1 cm³/mol. The summed E-state index contributed by atoms with van der Waals surface area (Å²) in [4.78, 5) is 26.3. The van der Waals surface area contributed by atoms with Crippen molar-refractivity contribution in [3.8, 4) is 0 Å². The molecule has 3 aromatic rings. The highest BCUT2D eigenvalue weighted by atomic mass is 16.6. The van der Waals surface area contributed by atoms with Gasteiger partial charge in [0.05, 0.1) is 18.0 Å². The zero-order chi connectivity index (χ0) is 14.8. The van der Waals surface area contributed by atoms with E-state index in [2.05, 4.69) is 4.98 Å². The van der Waals surface area contributed by atoms with Crippen molar-refractivity contribution in [1.29, 1.82) is 0 Å². The average Bonchev–Trinajstić information content (AvgIpc) is 2.97. The van der Waals surface area contributed by atoms with Crippen LogP contribution in [0.25, 0.3) is 10.9 Å². The third-order valence-corrected chi connectivity index (χ3v) is 3.04. The molecule has 0 aliphatic rings. The average molecular weight is 282 g/mol. The van der Waals surface area contributed by atoms with Crippen molar-refractivity contribution in [3.63, 3.8) is 0 Å². The normalized spacial score (nSPS) is 10.7. The van der Waals surface area contributed by atoms with Crippen LogP contribution in [0, 0.1) is 10.1 Å². The number of para-hydroxylation sites is 1. The first-order chi connectivity index (χ1) is 10.1. The molecule has 0 saturated heterocycles. The number of hydrogen-bond acceptors (Lipinski definition) is 5. The first kappa shape index (κ1) is 13.0. The molecular weight excluding hydrogens is 272 g/mol. The smallest absolute Gasteiger partial charge is 0.397 e. The van der Waals surface area contributed by atoms with E-state index in [1.54, 1.807) is 6.07 Å². The van der Waals surface area contributed by atoms with E-state index in [0.717, 1.165) is 10.9 Å². The zero-order valence-corrected chi connectivity index (χ0v) is 10.9. The number of nitro groups is 1. The van der Waals surface area contributed by atoms with Crippen molar-refractivity contribution < 1.29 is 14.1 Å². The summed E-state index contributed by atoms with van der Waals surface area (Å²) in [6.45, 7) is 0. The van der Waals surface area contributed by atoms with Crippen molar-refractivity contribution in [3.05, 3.63) is 70.1 Å². The minimum atomic E-state index is -0.676. The number of nitrogens with zero attached hydrogens (tertiary/aromatic N) is 2. The minimum Gasteiger partial charge on any atom is -0.397 e. The lowest BCUT2D eigenvalue weighted by Crippen LogP contribution is -2.04. The molecule has 104 valence electrons. The first-order valence-corrected chi connectivity index (χ1v) is 6.25. The number of furan rings is 1. The van der Waals surface area contributed by atoms with Gasteiger partial charge < -0.3 is 4.42 Å². The second-order valence-electron chi connectivity index (χ2n) is 4.49. The number of Topliss-reactive ketones (excluding diaryl/α,β-unsaturated/α-hetero) is 1. The van der Waals surface area contributed by atoms with E-state index < -0.39 is 10.8 Å². The Morgan fingerprint density at radius 3 is 2.71 bits per heavy atom. The van der Waals surface area contributed by atoms with Gasteiger partial charge in [-0.05, 0) is 18.2 Å². The Kier molecular flexibility index (Phi) is 3.19. The van der Waals surface area contributed by atoms with Crippen molar-refractivity contribution in [1.82, 2.24) is 4.98 Å². The Bertz CT molecular complexity index is 838. The van der Waals surface area contributed by atoms with Crippen molar-refractivity contribution >= 4 is 22.6 Å². The molecule has 0 N–H and O–H groups in total. The van der Waals surface area contributed by atoms with Crippen LogP contribution in [-0.2, 0) is 6.42 Å². The lowest BCUT2D eigenvalue weighted by atomic mass is 10.1. The molecule has 6 heteroatoms. The van der Waals surface area contributed by atoms with Crippen LogP contribution in [0.5, 0.6) is 0 Å². The van der Waals surface area contributed by atoms with Crippen LogP contribution in [-0.4, -0.2) is 15.7 Å². The number of aromatic nitrogens is 1. The Morgan fingerprint density at radius 1 is 1.14 bits per heavy atom. The second-order valence-corrected chi connectivity index (χ2v) is 4.49. The van der Waals surface area contributed by atoms with Crippen LogP contribution in [0.4, 0.5) is 5.88 Å². The molecule has 0 unspecified atom stereocenters. The third kappa shape index (κ3) is 2.64. The van der Waals surface area contributed by atoms with Crippen LogP contribution < -0.4 is 0 Å². The number of pyridine rings is 1. The lowest BCUT2D eigenvalue weighted by molar-refractivity contribution is -0.402. The maximum atomic E-state index is 12.0. The van der Waals surface area contributed by atoms with Crippen LogP contribution in [0.2, 0.25) is 0 Å². The summed E-state index contributed by atoms with van der Waals surface area (Å²) in [6, 6.07) is 13.7. The van der Waals surface area contributed by atoms with Crippen molar-refractivity contribution in [2.75, 3.05) is 0 Å². The summed E-state index contributed by atoms with van der Waals surface area (Å²) in [5.41, 5.74) is 1.39. The summed E-state index contributed by atoms with van der Waals surface area (Å²) in [5.74, 6) is -0.813. The standard InChI is InChI=1S/C15H10N2O4/c18-13(14-7-8-15(21-14)17(19)20)9-11-6-5-10-3-1-2-4-12(10)16-11/h1-8H,9H2. The van der Waals surface area contributed by atoms with Crippen molar-refractivity contribution in [2.45, 2.75) is 6.42 Å². The number of carbonyl (C=O) groups excluding carboxylic acids is 1. The predicted octanol–water partition coefficient (Wildman–Crippen LogP) is 3.16. The number of rotatable bonds is 4. The number of hydrogen-bond donors (Lipinski definition) is 0. The second kappa shape index (κ2) is 5.16. The van der Waals surface area contributed by atoms with Crippen molar-refractivity contribution in [2.24, 2.45) is 0 Å². The van der Waals surface area contributed by atoms with Gasteiger partial charge in [-0.2, -0.15) is 0 Å². The van der Waals surface area contributed by atoms with E-state index >= 15 is 0 Å². The van der Waals surface area contributed by atoms with Gasteiger partial charge in [0, 0.05) is 11.1 Å². The number of ketones is 1. The van der Waals surface area contributed by atoms with Gasteiger partial charge in [0.15, 0.2) is 5.76 Å². The molecular formula is C15H10N2O4. The molecule has 0 spiro atoms. The fraction of sp³-hybridized carbons (Fsp3) is 0.0667. The molecule has 0 atom stereocenters. The van der Waals surface area contributed by atoms with Gasteiger partial charge in [0.1, 0.15) is 4.92 Å². The summed E-state index contributed by atoms with van der Waals surface area (Å²) >= 11 is 0. The molecule has 0 aliphatic carbocycles. The fourth-order valence-electron chi connectivity index (χ4n) is 2.03. The first-order valence-electron chi connectivity index (χ1n) is 6.25. The van der Waals surface area contributed by atoms with E-state index in [-0.39, 0.29) is 18.0 Å². The highest BCUT2D eigenvalue weighted by molar-refractivity contribution is 5.95. The zero-order valence-electron chi connectivity index (χ0n) is 10.9. The van der Waals surface area contributed by atoms with E-state index in [0.29, 0.717) is 5.69 Å². The lowest BCUT2D eigenvalue weighted by Gasteiger charge is -2.01. The van der Waals surface area contributed by atoms with Gasteiger partial charge in [-0.15, -0.1) is 0 Å². The molecule has 0 aliphatic heterocycles. The van der Waals surface area contributed by atoms with Gasteiger partial charge in [0.2, 0.25) is 5.78 Å². The van der Waals surface area contributed by atoms with Gasteiger partial charge in [0.25, 0.3) is 0 Å². The molecule has 2 aromatic heterocycles. The van der Waals surface area contributed by atoms with Gasteiger partial charge in [-0.1, -0.05) is 24.3 Å². The summed E-state index contributed by atoms with van der Waals surface area (Å²) < 4.78 is 4.89. The summed E-state index contributed by atoms with van der Waals surface area (Å²) in [7, 11) is 0. The number of carbonyl (C=O) groups is 1. The Hall–Kier alpha value is -3.02. The summed E-state index contributed by atoms with van der Waals surface area (Å²) in [5, 5.41) is 11.5. The maximum absolute atomic E-state index is 12.0. The van der Waals surface area contributed by atoms with E-state index in [4.69, 9.17) is 4.42 Å². The highest BCUT2D eigenvalue weighted by Gasteiger charge is 2.17. The van der Waals surface area contributed by atoms with Gasteiger partial charge in [-0.25, -0.2) is 0 Å². The molecule has 0 bridgehead atoms. The quantitative estimate of drug-likeness (QED) is 0.416. The maximum Gasteiger partial charge on any atom is 0.433 e. The van der Waals surface area contributed by atoms with Gasteiger partial charge in [-0.3, -0.25) is 19.9 Å². The largest absolute Gasteiger partial charge is 0.433 e. The minimum absolute atomic E-state index is 0.0309. The van der Waals surface area contributed by atoms with E-state index in [1.807, 2.05) is 30.3 Å². The van der Waals surface area contributed by atoms with Crippen LogP contribution in [0.3, 0.4) is 0 Å². The van der Waals surface area contributed by atoms with Crippen LogP contribution >= 0.6 is 0 Å². The van der Waals surface area contributed by atoms with E-state index in [9.17, 15) is 14.9 Å². The molecule has 0 amide bonds. The highest BCUT2D eigenvalue weighted by Crippen LogP contribution is 2.18. The number of benzene rings is 1.